The topological polar surface area (TPSA) is 61.8 Å². The highest BCUT2D eigenvalue weighted by atomic mass is 79.9. The number of halogens is 1. The summed E-state index contributed by atoms with van der Waals surface area (Å²) in [7, 11) is 0. The summed E-state index contributed by atoms with van der Waals surface area (Å²) in [5, 5.41) is 12.8. The second kappa shape index (κ2) is 10.0. The van der Waals surface area contributed by atoms with Crippen molar-refractivity contribution in [1.29, 1.82) is 0 Å². The SMILES string of the molecule is C[C@H](Oc1cccc(Br)c1)C(=O)N[C@H]1CN(Cc2ccccc2)CC[C@@H]1CO. The molecule has 0 saturated carbocycles. The number of carbonyl (C=O) groups excluding carboxylic acids is 1. The van der Waals surface area contributed by atoms with Gasteiger partial charge in [0.2, 0.25) is 0 Å². The Hall–Kier alpha value is -1.89. The fourth-order valence-electron chi connectivity index (χ4n) is 3.53. The molecule has 1 aliphatic heterocycles. The van der Waals surface area contributed by atoms with Gasteiger partial charge in [-0.3, -0.25) is 9.69 Å². The molecular weight excluding hydrogens is 420 g/mol. The van der Waals surface area contributed by atoms with Gasteiger partial charge in [-0.1, -0.05) is 52.3 Å². The summed E-state index contributed by atoms with van der Waals surface area (Å²) in [5.74, 6) is 0.545. The highest BCUT2D eigenvalue weighted by Gasteiger charge is 2.31. The molecule has 0 spiro atoms. The monoisotopic (exact) mass is 446 g/mol. The van der Waals surface area contributed by atoms with Crippen LogP contribution < -0.4 is 10.1 Å². The van der Waals surface area contributed by atoms with Crippen molar-refractivity contribution in [3.05, 3.63) is 64.6 Å². The predicted octanol–water partition coefficient (Wildman–Crippen LogP) is 3.22. The molecule has 2 aromatic rings. The molecule has 1 aliphatic rings. The van der Waals surface area contributed by atoms with Gasteiger partial charge in [0, 0.05) is 36.1 Å². The fraction of sp³-hybridized carbons (Fsp3) is 0.409. The van der Waals surface area contributed by atoms with Crippen LogP contribution in [0.3, 0.4) is 0 Å². The molecule has 1 saturated heterocycles. The van der Waals surface area contributed by atoms with E-state index in [9.17, 15) is 9.90 Å². The second-order valence-corrected chi connectivity index (χ2v) is 8.20. The molecule has 1 fully saturated rings. The number of aliphatic hydroxyl groups is 1. The van der Waals surface area contributed by atoms with Crippen molar-refractivity contribution >= 4 is 21.8 Å². The summed E-state index contributed by atoms with van der Waals surface area (Å²) in [6.07, 6.45) is 0.243. The third-order valence-corrected chi connectivity index (χ3v) is 5.62. The number of aliphatic hydroxyl groups excluding tert-OH is 1. The molecule has 1 heterocycles. The van der Waals surface area contributed by atoms with Crippen LogP contribution in [0.4, 0.5) is 0 Å². The first-order valence-electron chi connectivity index (χ1n) is 9.65. The first-order valence-corrected chi connectivity index (χ1v) is 10.4. The summed E-state index contributed by atoms with van der Waals surface area (Å²) in [6.45, 7) is 4.29. The Morgan fingerprint density at radius 3 is 2.79 bits per heavy atom. The molecule has 2 aromatic carbocycles. The van der Waals surface area contributed by atoms with Crippen LogP contribution in [0, 0.1) is 5.92 Å². The minimum atomic E-state index is -0.613. The second-order valence-electron chi connectivity index (χ2n) is 7.28. The molecule has 0 radical (unpaired) electrons. The molecule has 3 atom stereocenters. The fourth-order valence-corrected chi connectivity index (χ4v) is 3.91. The van der Waals surface area contributed by atoms with Crippen molar-refractivity contribution in [2.45, 2.75) is 32.0 Å². The molecule has 1 amide bonds. The molecule has 3 rings (SSSR count). The molecule has 150 valence electrons. The summed E-state index contributed by atoms with van der Waals surface area (Å²) >= 11 is 3.41. The zero-order valence-electron chi connectivity index (χ0n) is 16.1. The number of nitrogens with one attached hydrogen (secondary N) is 1. The molecule has 0 aliphatic carbocycles. The van der Waals surface area contributed by atoms with Gasteiger partial charge in [-0.25, -0.2) is 0 Å². The van der Waals surface area contributed by atoms with Gasteiger partial charge in [0.15, 0.2) is 6.10 Å². The van der Waals surface area contributed by atoms with Gasteiger partial charge in [0.05, 0.1) is 0 Å². The third-order valence-electron chi connectivity index (χ3n) is 5.13. The van der Waals surface area contributed by atoms with Gasteiger partial charge in [-0.05, 0) is 43.7 Å². The van der Waals surface area contributed by atoms with Crippen molar-refractivity contribution in [1.82, 2.24) is 10.2 Å². The minimum absolute atomic E-state index is 0.0639. The van der Waals surface area contributed by atoms with Crippen LogP contribution in [0.1, 0.15) is 18.9 Å². The van der Waals surface area contributed by atoms with E-state index in [-0.39, 0.29) is 24.5 Å². The van der Waals surface area contributed by atoms with E-state index < -0.39 is 6.10 Å². The van der Waals surface area contributed by atoms with Crippen molar-refractivity contribution in [2.24, 2.45) is 5.92 Å². The van der Waals surface area contributed by atoms with Gasteiger partial charge in [0.25, 0.3) is 5.91 Å². The van der Waals surface area contributed by atoms with Crippen LogP contribution in [0.15, 0.2) is 59.1 Å². The van der Waals surface area contributed by atoms with E-state index in [0.717, 1.165) is 30.5 Å². The summed E-state index contributed by atoms with van der Waals surface area (Å²) < 4.78 is 6.68. The minimum Gasteiger partial charge on any atom is -0.481 e. The number of ether oxygens (including phenoxy) is 1. The number of likely N-dealkylation sites (tertiary alicyclic amines) is 1. The Balaban J connectivity index is 1.58. The summed E-state index contributed by atoms with van der Waals surface area (Å²) in [6, 6.07) is 17.7. The average molecular weight is 447 g/mol. The Kier molecular flexibility index (Phi) is 7.48. The van der Waals surface area contributed by atoms with E-state index in [0.29, 0.717) is 5.75 Å². The zero-order valence-corrected chi connectivity index (χ0v) is 17.6. The van der Waals surface area contributed by atoms with Crippen LogP contribution >= 0.6 is 15.9 Å². The number of amides is 1. The van der Waals surface area contributed by atoms with Gasteiger partial charge in [-0.15, -0.1) is 0 Å². The zero-order chi connectivity index (χ0) is 19.9. The molecule has 6 heteroatoms. The lowest BCUT2D eigenvalue weighted by molar-refractivity contribution is -0.129. The lowest BCUT2D eigenvalue weighted by Crippen LogP contribution is -2.55. The molecule has 2 N–H and O–H groups in total. The van der Waals surface area contributed by atoms with E-state index in [1.165, 1.54) is 5.56 Å². The first-order chi connectivity index (χ1) is 13.5. The number of piperidine rings is 1. The first kappa shape index (κ1) is 20.8. The summed E-state index contributed by atoms with van der Waals surface area (Å²) in [4.78, 5) is 15.0. The van der Waals surface area contributed by atoms with E-state index in [1.807, 2.05) is 42.5 Å². The van der Waals surface area contributed by atoms with Crippen LogP contribution in [0.5, 0.6) is 5.75 Å². The highest BCUT2D eigenvalue weighted by molar-refractivity contribution is 9.10. The third kappa shape index (κ3) is 5.80. The van der Waals surface area contributed by atoms with Crippen molar-refractivity contribution in [2.75, 3.05) is 19.7 Å². The van der Waals surface area contributed by atoms with Crippen molar-refractivity contribution < 1.29 is 14.6 Å². The Morgan fingerprint density at radius 2 is 2.07 bits per heavy atom. The maximum absolute atomic E-state index is 12.7. The molecule has 0 aromatic heterocycles. The number of carbonyl (C=O) groups is 1. The average Bonchev–Trinajstić information content (AvgIpc) is 2.69. The number of nitrogens with zero attached hydrogens (tertiary/aromatic N) is 1. The number of rotatable bonds is 7. The van der Waals surface area contributed by atoms with E-state index in [4.69, 9.17) is 4.74 Å². The molecule has 28 heavy (non-hydrogen) atoms. The molecule has 0 bridgehead atoms. The van der Waals surface area contributed by atoms with Crippen LogP contribution in [-0.4, -0.2) is 47.8 Å². The van der Waals surface area contributed by atoms with Crippen LogP contribution in [0.25, 0.3) is 0 Å². The quantitative estimate of drug-likeness (QED) is 0.685. The normalized spacial score (nSPS) is 21.1. The number of hydrogen-bond acceptors (Lipinski definition) is 4. The number of hydrogen-bond donors (Lipinski definition) is 2. The maximum atomic E-state index is 12.7. The lowest BCUT2D eigenvalue weighted by atomic mass is 9.91. The largest absolute Gasteiger partial charge is 0.481 e. The van der Waals surface area contributed by atoms with Crippen LogP contribution in [-0.2, 0) is 11.3 Å². The Bertz CT molecular complexity index is 771. The standard InChI is InChI=1S/C22H27BrN2O3/c1-16(28-20-9-5-8-19(23)12-20)22(27)24-21-14-25(11-10-18(21)15-26)13-17-6-3-2-4-7-17/h2-9,12,16,18,21,26H,10-11,13-15H2,1H3,(H,24,27)/t16-,18+,21-/m0/s1. The van der Waals surface area contributed by atoms with Crippen molar-refractivity contribution in [3.63, 3.8) is 0 Å². The predicted molar refractivity (Wildman–Crippen MR) is 113 cm³/mol. The highest BCUT2D eigenvalue weighted by Crippen LogP contribution is 2.21. The van der Waals surface area contributed by atoms with Crippen LogP contribution in [0.2, 0.25) is 0 Å². The van der Waals surface area contributed by atoms with E-state index >= 15 is 0 Å². The van der Waals surface area contributed by atoms with E-state index in [1.54, 1.807) is 6.92 Å². The van der Waals surface area contributed by atoms with Gasteiger partial charge in [-0.2, -0.15) is 0 Å². The lowest BCUT2D eigenvalue weighted by Gasteiger charge is -2.38. The number of benzene rings is 2. The summed E-state index contributed by atoms with van der Waals surface area (Å²) in [5.41, 5.74) is 1.25. The Morgan fingerprint density at radius 1 is 1.29 bits per heavy atom. The van der Waals surface area contributed by atoms with Crippen molar-refractivity contribution in [3.8, 4) is 5.75 Å². The smallest absolute Gasteiger partial charge is 0.261 e. The van der Waals surface area contributed by atoms with Gasteiger partial charge in [0.1, 0.15) is 5.75 Å². The Labute approximate surface area is 174 Å². The molecular formula is C22H27BrN2O3. The molecule has 5 nitrogen and oxygen atoms in total. The van der Waals surface area contributed by atoms with E-state index in [2.05, 4.69) is 38.3 Å². The van der Waals surface area contributed by atoms with Gasteiger partial charge < -0.3 is 15.2 Å². The van der Waals surface area contributed by atoms with Gasteiger partial charge >= 0.3 is 0 Å². The maximum Gasteiger partial charge on any atom is 0.261 e. The molecule has 0 unspecified atom stereocenters.